The fourth-order valence-corrected chi connectivity index (χ4v) is 3.97. The standard InChI is InChI=1S/C20H22FN5O/c1-12-10-18(25-9-8-17(11-25)23-14(3)27)20-22-13(2)19(26(20)24-12)15-4-6-16(21)7-5-15/h4-7,10,17,20H,8-9,11H2,1-3H3/p+1/t17-,20?/m1/s1. The van der Waals surface area contributed by atoms with Crippen LogP contribution in [0.1, 0.15) is 32.8 Å². The Bertz CT molecular complexity index is 913. The van der Waals surface area contributed by atoms with Crippen LogP contribution >= 0.6 is 0 Å². The third-order valence-corrected chi connectivity index (χ3v) is 5.08. The van der Waals surface area contributed by atoms with Crippen molar-refractivity contribution < 1.29 is 13.9 Å². The Morgan fingerprint density at radius 1 is 1.30 bits per heavy atom. The Labute approximate surface area is 157 Å². The lowest BCUT2D eigenvalue weighted by atomic mass is 10.1. The molecule has 4 rings (SSSR count). The van der Waals surface area contributed by atoms with Gasteiger partial charge in [-0.25, -0.2) is 9.38 Å². The van der Waals surface area contributed by atoms with Gasteiger partial charge in [0.15, 0.2) is 0 Å². The summed E-state index contributed by atoms with van der Waals surface area (Å²) >= 11 is 0. The molecule has 1 N–H and O–H groups in total. The second-order valence-corrected chi connectivity index (χ2v) is 7.23. The van der Waals surface area contributed by atoms with Crippen molar-refractivity contribution in [1.82, 2.24) is 10.2 Å². The lowest BCUT2D eigenvalue weighted by Gasteiger charge is -2.24. The molecule has 1 unspecified atom stereocenters. The number of carbonyl (C=O) groups is 1. The predicted octanol–water partition coefficient (Wildman–Crippen LogP) is 1.91. The van der Waals surface area contributed by atoms with Crippen LogP contribution in [0.5, 0.6) is 0 Å². The maximum absolute atomic E-state index is 13.3. The van der Waals surface area contributed by atoms with Crippen LogP contribution in [-0.2, 0) is 4.79 Å². The number of nitrogens with one attached hydrogen (secondary N) is 1. The van der Waals surface area contributed by atoms with E-state index in [2.05, 4.69) is 16.3 Å². The number of aliphatic imine (C=N–C) groups is 1. The Morgan fingerprint density at radius 2 is 2.04 bits per heavy atom. The first-order valence-corrected chi connectivity index (χ1v) is 9.18. The van der Waals surface area contributed by atoms with Crippen LogP contribution in [-0.4, -0.2) is 57.9 Å². The zero-order valence-electron chi connectivity index (χ0n) is 15.7. The van der Waals surface area contributed by atoms with E-state index in [1.165, 1.54) is 12.1 Å². The molecule has 0 bridgehead atoms. The summed E-state index contributed by atoms with van der Waals surface area (Å²) in [5, 5.41) is 7.70. The maximum Gasteiger partial charge on any atom is 0.318 e. The van der Waals surface area contributed by atoms with Crippen LogP contribution < -0.4 is 5.32 Å². The van der Waals surface area contributed by atoms with Crippen LogP contribution in [0, 0.1) is 5.82 Å². The molecule has 0 spiro atoms. The quantitative estimate of drug-likeness (QED) is 0.829. The highest BCUT2D eigenvalue weighted by Gasteiger charge is 2.43. The molecule has 1 aromatic carbocycles. The molecule has 1 fully saturated rings. The maximum atomic E-state index is 13.3. The number of nitrogens with zero attached hydrogens (tertiary/aromatic N) is 4. The second-order valence-electron chi connectivity index (χ2n) is 7.23. The van der Waals surface area contributed by atoms with Gasteiger partial charge >= 0.3 is 6.17 Å². The van der Waals surface area contributed by atoms with Crippen LogP contribution in [0.25, 0.3) is 0 Å². The number of benzene rings is 1. The van der Waals surface area contributed by atoms with Gasteiger partial charge in [-0.05, 0) is 55.7 Å². The van der Waals surface area contributed by atoms with E-state index < -0.39 is 0 Å². The molecular weight excluding hydrogens is 345 g/mol. The number of allylic oxidation sites excluding steroid dienone is 1. The Hall–Kier alpha value is -2.83. The molecule has 1 amide bonds. The van der Waals surface area contributed by atoms with E-state index in [0.29, 0.717) is 0 Å². The summed E-state index contributed by atoms with van der Waals surface area (Å²) in [6, 6.07) is 6.59. The van der Waals surface area contributed by atoms with Crippen molar-refractivity contribution in [3.8, 4) is 0 Å². The first-order valence-electron chi connectivity index (χ1n) is 9.18. The van der Waals surface area contributed by atoms with Gasteiger partial charge in [0.05, 0.1) is 5.56 Å². The number of carbonyl (C=O) groups excluding carboxylic acids is 1. The van der Waals surface area contributed by atoms with Crippen LogP contribution in [0.4, 0.5) is 4.39 Å². The minimum absolute atomic E-state index is 0.000467. The molecule has 2 atom stereocenters. The van der Waals surface area contributed by atoms with E-state index in [4.69, 9.17) is 10.1 Å². The number of halogens is 1. The first-order chi connectivity index (χ1) is 12.9. The van der Waals surface area contributed by atoms with Gasteiger partial charge in [0, 0.05) is 26.1 Å². The molecule has 0 saturated carbocycles. The summed E-state index contributed by atoms with van der Waals surface area (Å²) in [5.74, 6) is -0.260. The predicted molar refractivity (Wildman–Crippen MR) is 103 cm³/mol. The number of hydrogen-bond donors (Lipinski definition) is 1. The average Bonchev–Trinajstić information content (AvgIpc) is 3.18. The Morgan fingerprint density at radius 3 is 2.74 bits per heavy atom. The summed E-state index contributed by atoms with van der Waals surface area (Å²) in [6.45, 7) is 7.12. The first kappa shape index (κ1) is 17.6. The van der Waals surface area contributed by atoms with Crippen molar-refractivity contribution in [2.24, 2.45) is 10.1 Å². The smallest absolute Gasteiger partial charge is 0.318 e. The molecule has 0 radical (unpaired) electrons. The van der Waals surface area contributed by atoms with Crippen molar-refractivity contribution in [2.45, 2.75) is 39.4 Å². The van der Waals surface area contributed by atoms with E-state index in [-0.39, 0.29) is 23.9 Å². The molecule has 3 aliphatic heterocycles. The normalized spacial score (nSPS) is 24.4. The summed E-state index contributed by atoms with van der Waals surface area (Å²) < 4.78 is 15.3. The zero-order chi connectivity index (χ0) is 19.1. The van der Waals surface area contributed by atoms with Gasteiger partial charge in [-0.3, -0.25) is 4.79 Å². The minimum Gasteiger partial charge on any atom is -0.365 e. The second kappa shape index (κ2) is 6.72. The van der Waals surface area contributed by atoms with E-state index in [9.17, 15) is 9.18 Å². The van der Waals surface area contributed by atoms with Crippen molar-refractivity contribution in [3.05, 3.63) is 47.4 Å². The molecule has 1 aromatic rings. The highest BCUT2D eigenvalue weighted by atomic mass is 19.1. The minimum atomic E-state index is -0.261. The van der Waals surface area contributed by atoms with Crippen LogP contribution in [0.3, 0.4) is 0 Å². The van der Waals surface area contributed by atoms with Gasteiger partial charge < -0.3 is 10.2 Å². The molecule has 6 nitrogen and oxygen atoms in total. The van der Waals surface area contributed by atoms with Gasteiger partial charge in [0.1, 0.15) is 22.9 Å². The van der Waals surface area contributed by atoms with Crippen LogP contribution in [0.15, 0.2) is 46.1 Å². The number of hydrazone groups is 1. The van der Waals surface area contributed by atoms with Gasteiger partial charge in [-0.2, -0.15) is 0 Å². The average molecular weight is 368 g/mol. The topological polar surface area (TPSA) is 60.1 Å². The summed E-state index contributed by atoms with van der Waals surface area (Å²) in [7, 11) is 0. The molecule has 3 aliphatic rings. The zero-order valence-corrected chi connectivity index (χ0v) is 15.7. The highest BCUT2D eigenvalue weighted by molar-refractivity contribution is 6.46. The van der Waals surface area contributed by atoms with E-state index >= 15 is 0 Å². The highest BCUT2D eigenvalue weighted by Crippen LogP contribution is 2.27. The Balaban J connectivity index is 1.67. The van der Waals surface area contributed by atoms with E-state index in [0.717, 1.165) is 47.9 Å². The monoisotopic (exact) mass is 368 g/mol. The van der Waals surface area contributed by atoms with Gasteiger partial charge in [-0.15, -0.1) is 0 Å². The summed E-state index contributed by atoms with van der Waals surface area (Å²) in [5.41, 5.74) is 4.67. The lowest BCUT2D eigenvalue weighted by Crippen LogP contribution is -2.39. The molecule has 27 heavy (non-hydrogen) atoms. The molecule has 1 saturated heterocycles. The largest absolute Gasteiger partial charge is 0.365 e. The van der Waals surface area contributed by atoms with E-state index in [1.807, 2.05) is 18.5 Å². The number of amides is 1. The Kier molecular flexibility index (Phi) is 4.37. The lowest BCUT2D eigenvalue weighted by molar-refractivity contribution is -0.558. The number of fused-ring (bicyclic) bond motifs is 1. The molecule has 7 heteroatoms. The molecule has 140 valence electrons. The van der Waals surface area contributed by atoms with Crippen molar-refractivity contribution in [1.29, 1.82) is 0 Å². The van der Waals surface area contributed by atoms with Gasteiger partial charge in [0.25, 0.3) is 5.71 Å². The van der Waals surface area contributed by atoms with E-state index in [1.54, 1.807) is 19.1 Å². The fraction of sp³-hybridized carbons (Fsp3) is 0.400. The molecule has 0 aliphatic carbocycles. The van der Waals surface area contributed by atoms with Crippen molar-refractivity contribution >= 4 is 23.0 Å². The summed E-state index contributed by atoms with van der Waals surface area (Å²) in [6.07, 6.45) is 2.77. The third-order valence-electron chi connectivity index (χ3n) is 5.08. The number of likely N-dealkylation sites (tertiary alicyclic amines) is 1. The number of rotatable bonds is 3. The van der Waals surface area contributed by atoms with Crippen molar-refractivity contribution in [3.63, 3.8) is 0 Å². The number of hydrogen-bond acceptors (Lipinski definition) is 4. The van der Waals surface area contributed by atoms with Crippen molar-refractivity contribution in [2.75, 3.05) is 13.1 Å². The van der Waals surface area contributed by atoms with Crippen LogP contribution in [0.2, 0.25) is 0 Å². The fourth-order valence-electron chi connectivity index (χ4n) is 3.97. The molecule has 0 aromatic heterocycles. The molecular formula is C20H23FN5O+. The van der Waals surface area contributed by atoms with Gasteiger partial charge in [-0.1, -0.05) is 4.68 Å². The third kappa shape index (κ3) is 3.29. The SMILES string of the molecule is CC(=O)N[C@@H]1CCN(C2=CC(C)=N[N+]3=C(c4ccc(F)cc4)C(C)=NC23)C1. The molecule has 3 heterocycles. The van der Waals surface area contributed by atoms with Gasteiger partial charge in [0.2, 0.25) is 5.91 Å². The summed E-state index contributed by atoms with van der Waals surface area (Å²) in [4.78, 5) is 18.5.